The highest BCUT2D eigenvalue weighted by atomic mass is 32.2. The predicted molar refractivity (Wildman–Crippen MR) is 132 cm³/mol. The summed E-state index contributed by atoms with van der Waals surface area (Å²) in [5.74, 6) is -0.279. The molecule has 2 aromatic rings. The third-order valence-corrected chi connectivity index (χ3v) is 9.21. The average Bonchev–Trinajstić information content (AvgIpc) is 3.22. The summed E-state index contributed by atoms with van der Waals surface area (Å²) in [7, 11) is -3.28. The number of hydrogen-bond acceptors (Lipinski definition) is 8. The van der Waals surface area contributed by atoms with Crippen LogP contribution in [-0.4, -0.2) is 68.4 Å². The molecule has 1 aromatic carbocycles. The lowest BCUT2D eigenvalue weighted by Crippen LogP contribution is -2.47. The smallest absolute Gasteiger partial charge is 0.338 e. The molecule has 8 nitrogen and oxygen atoms in total. The Hall–Kier alpha value is -2.49. The number of likely N-dealkylation sites (tertiary alicyclic amines) is 1. The van der Waals surface area contributed by atoms with Crippen LogP contribution < -0.4 is 4.90 Å². The summed E-state index contributed by atoms with van der Waals surface area (Å²) in [5, 5.41) is 11.1. The number of carbonyl (C=O) groups is 1. The molecule has 3 aliphatic heterocycles. The lowest BCUT2D eigenvalue weighted by Gasteiger charge is -2.47. The van der Waals surface area contributed by atoms with E-state index in [1.807, 2.05) is 19.1 Å². The van der Waals surface area contributed by atoms with Gasteiger partial charge in [-0.05, 0) is 80.4 Å². The summed E-state index contributed by atoms with van der Waals surface area (Å²) in [6, 6.07) is 7.09. The number of aromatic nitrogens is 1. The highest BCUT2D eigenvalue weighted by Gasteiger charge is 2.38. The summed E-state index contributed by atoms with van der Waals surface area (Å²) < 4.78 is 28.5. The second kappa shape index (κ2) is 9.19. The van der Waals surface area contributed by atoms with E-state index in [1.54, 1.807) is 18.3 Å². The van der Waals surface area contributed by atoms with Crippen LogP contribution in [-0.2, 0) is 21.2 Å². The molecule has 9 heteroatoms. The lowest BCUT2D eigenvalue weighted by atomic mass is 9.71. The van der Waals surface area contributed by atoms with Crippen molar-refractivity contribution >= 4 is 21.5 Å². The van der Waals surface area contributed by atoms with Crippen molar-refractivity contribution < 1.29 is 23.1 Å². The van der Waals surface area contributed by atoms with Crippen LogP contribution in [0.5, 0.6) is 0 Å². The average molecular weight is 500 g/mol. The van der Waals surface area contributed by atoms with Crippen molar-refractivity contribution in [3.8, 4) is 0 Å². The van der Waals surface area contributed by atoms with E-state index in [0.717, 1.165) is 74.2 Å². The number of nitrogens with zero attached hydrogens (tertiary/aromatic N) is 3. The third kappa shape index (κ3) is 4.81. The number of ether oxygens (including phenoxy) is 1. The largest absolute Gasteiger partial charge is 0.457 e. The summed E-state index contributed by atoms with van der Waals surface area (Å²) in [6.45, 7) is 6.66. The van der Waals surface area contributed by atoms with Gasteiger partial charge in [-0.1, -0.05) is 6.07 Å². The molecular weight excluding hydrogens is 466 g/mol. The quantitative estimate of drug-likeness (QED) is 0.627. The lowest BCUT2D eigenvalue weighted by molar-refractivity contribution is 0.0448. The number of sulfone groups is 1. The molecule has 2 fully saturated rings. The maximum absolute atomic E-state index is 11.8. The van der Waals surface area contributed by atoms with Crippen LogP contribution >= 0.6 is 0 Å². The van der Waals surface area contributed by atoms with E-state index in [2.05, 4.69) is 14.8 Å². The second-order valence-electron chi connectivity index (χ2n) is 10.3. The molecule has 1 aromatic heterocycles. The highest BCUT2D eigenvalue weighted by Crippen LogP contribution is 2.42. The molecule has 3 aliphatic rings. The molecule has 1 unspecified atom stereocenters. The van der Waals surface area contributed by atoms with E-state index < -0.39 is 15.9 Å². The maximum Gasteiger partial charge on any atom is 0.338 e. The molecule has 0 radical (unpaired) electrons. The SMILES string of the molecule is Cc1c(C(O)CN2CCC3(CC2)CCN(c2ccc(S(C)(=O)=O)nc2)CC3)ccc2c1COC2=O. The van der Waals surface area contributed by atoms with Gasteiger partial charge < -0.3 is 19.6 Å². The van der Waals surface area contributed by atoms with Crippen molar-refractivity contribution in [1.82, 2.24) is 9.88 Å². The molecule has 35 heavy (non-hydrogen) atoms. The number of pyridine rings is 1. The molecule has 0 amide bonds. The first-order chi connectivity index (χ1) is 16.7. The minimum Gasteiger partial charge on any atom is -0.457 e. The van der Waals surface area contributed by atoms with Gasteiger partial charge in [0, 0.05) is 31.5 Å². The number of anilines is 1. The minimum absolute atomic E-state index is 0.112. The van der Waals surface area contributed by atoms with E-state index >= 15 is 0 Å². The summed E-state index contributed by atoms with van der Waals surface area (Å²) in [5.41, 5.74) is 4.67. The number of cyclic esters (lactones) is 1. The number of β-amino-alcohol motifs (C(OH)–C–C–N with tert-alkyl or cyclic N) is 1. The Labute approximate surface area is 206 Å². The fraction of sp³-hybridized carbons (Fsp3) is 0.538. The maximum atomic E-state index is 11.8. The number of carbonyl (C=O) groups excluding carboxylic acids is 1. The molecule has 188 valence electrons. The van der Waals surface area contributed by atoms with E-state index in [4.69, 9.17) is 4.74 Å². The Bertz CT molecular complexity index is 1210. The highest BCUT2D eigenvalue weighted by molar-refractivity contribution is 7.90. The van der Waals surface area contributed by atoms with Crippen molar-refractivity contribution in [2.75, 3.05) is 43.9 Å². The van der Waals surface area contributed by atoms with Crippen molar-refractivity contribution in [1.29, 1.82) is 0 Å². The number of benzene rings is 1. The van der Waals surface area contributed by atoms with Gasteiger partial charge in [-0.15, -0.1) is 0 Å². The van der Waals surface area contributed by atoms with Gasteiger partial charge in [0.2, 0.25) is 0 Å². The second-order valence-corrected chi connectivity index (χ2v) is 12.3. The predicted octanol–water partition coefficient (Wildman–Crippen LogP) is 2.88. The molecule has 0 aliphatic carbocycles. The van der Waals surface area contributed by atoms with E-state index in [0.29, 0.717) is 24.1 Å². The number of esters is 1. The molecule has 2 saturated heterocycles. The van der Waals surface area contributed by atoms with E-state index in [1.165, 1.54) is 6.26 Å². The van der Waals surface area contributed by atoms with Gasteiger partial charge in [0.15, 0.2) is 14.9 Å². The number of aliphatic hydroxyl groups excluding tert-OH is 1. The Morgan fingerprint density at radius 2 is 1.77 bits per heavy atom. The van der Waals surface area contributed by atoms with Crippen LogP contribution in [0.25, 0.3) is 0 Å². The van der Waals surface area contributed by atoms with Crippen molar-refractivity contribution in [3.63, 3.8) is 0 Å². The Morgan fingerprint density at radius 1 is 1.09 bits per heavy atom. The molecule has 1 spiro atoms. The molecule has 1 N–H and O–H groups in total. The van der Waals surface area contributed by atoms with Gasteiger partial charge in [0.25, 0.3) is 0 Å². The Morgan fingerprint density at radius 3 is 2.40 bits per heavy atom. The van der Waals surface area contributed by atoms with E-state index in [-0.39, 0.29) is 11.0 Å². The zero-order chi connectivity index (χ0) is 24.8. The zero-order valence-electron chi connectivity index (χ0n) is 20.4. The molecule has 5 rings (SSSR count). The molecule has 1 atom stereocenters. The van der Waals surface area contributed by atoms with Gasteiger partial charge in [0.1, 0.15) is 6.61 Å². The van der Waals surface area contributed by atoms with Gasteiger partial charge >= 0.3 is 5.97 Å². The molecule has 4 heterocycles. The fourth-order valence-electron chi connectivity index (χ4n) is 5.80. The minimum atomic E-state index is -3.28. The molecule has 0 saturated carbocycles. The number of piperidine rings is 2. The monoisotopic (exact) mass is 499 g/mol. The van der Waals surface area contributed by atoms with Crippen molar-refractivity contribution in [2.24, 2.45) is 5.41 Å². The summed E-state index contributed by atoms with van der Waals surface area (Å²) >= 11 is 0. The van der Waals surface area contributed by atoms with Crippen LogP contribution in [0.4, 0.5) is 5.69 Å². The first-order valence-corrected chi connectivity index (χ1v) is 14.2. The fourth-order valence-corrected chi connectivity index (χ4v) is 6.36. The van der Waals surface area contributed by atoms with E-state index in [9.17, 15) is 18.3 Å². The van der Waals surface area contributed by atoms with Crippen LogP contribution in [0.2, 0.25) is 0 Å². The number of hydrogen-bond donors (Lipinski definition) is 1. The van der Waals surface area contributed by atoms with Gasteiger partial charge in [-0.2, -0.15) is 0 Å². The molecule has 0 bridgehead atoms. The Kier molecular flexibility index (Phi) is 6.35. The molecular formula is C26H33N3O5S. The first kappa shape index (κ1) is 24.2. The van der Waals surface area contributed by atoms with Crippen LogP contribution in [0.15, 0.2) is 35.5 Å². The third-order valence-electron chi connectivity index (χ3n) is 8.20. The standard InChI is InChI=1S/C26H33N3O5S/c1-18-20(4-5-21-22(18)17-34-25(21)31)23(30)16-28-11-7-26(8-12-28)9-13-29(14-10-26)19-3-6-24(27-15-19)35(2,32)33/h3-6,15,23,30H,7-14,16-17H2,1-2H3. The van der Waals surface area contributed by atoms with Gasteiger partial charge in [-0.3, -0.25) is 0 Å². The summed E-state index contributed by atoms with van der Waals surface area (Å²) in [4.78, 5) is 20.6. The van der Waals surface area contributed by atoms with Gasteiger partial charge in [0.05, 0.1) is 23.6 Å². The van der Waals surface area contributed by atoms with Crippen LogP contribution in [0.3, 0.4) is 0 Å². The topological polar surface area (TPSA) is 100 Å². The van der Waals surface area contributed by atoms with Crippen LogP contribution in [0.1, 0.15) is 58.8 Å². The van der Waals surface area contributed by atoms with Crippen LogP contribution in [0, 0.1) is 12.3 Å². The zero-order valence-corrected chi connectivity index (χ0v) is 21.2. The number of fused-ring (bicyclic) bond motifs is 1. The normalized spacial score (nSPS) is 21.1. The summed E-state index contributed by atoms with van der Waals surface area (Å²) in [6.07, 6.45) is 6.70. The number of aliphatic hydroxyl groups is 1. The first-order valence-electron chi connectivity index (χ1n) is 12.3. The van der Waals surface area contributed by atoms with Crippen molar-refractivity contribution in [3.05, 3.63) is 52.7 Å². The number of rotatable bonds is 5. The Balaban J connectivity index is 1.14. The van der Waals surface area contributed by atoms with Gasteiger partial charge in [-0.25, -0.2) is 18.2 Å². The van der Waals surface area contributed by atoms with Crippen molar-refractivity contribution in [2.45, 2.75) is 50.3 Å².